The molecule has 0 aliphatic carbocycles. The third-order valence-electron chi connectivity index (χ3n) is 2.34. The molecule has 82 valence electrons. The molecule has 0 radical (unpaired) electrons. The van der Waals surface area contributed by atoms with Gasteiger partial charge in [-0.15, -0.1) is 0 Å². The Morgan fingerprint density at radius 3 is 2.43 bits per heavy atom. The minimum Gasteiger partial charge on any atom is -0.462 e. The molecule has 1 atom stereocenters. The maximum atomic E-state index is 11.5. The van der Waals surface area contributed by atoms with Crippen LogP contribution < -0.4 is 0 Å². The van der Waals surface area contributed by atoms with Crippen molar-refractivity contribution in [2.45, 2.75) is 46.1 Å². The first-order valence-electron chi connectivity index (χ1n) is 5.21. The van der Waals surface area contributed by atoms with Gasteiger partial charge in [0.1, 0.15) is 12.2 Å². The highest BCUT2D eigenvalue weighted by Gasteiger charge is 2.45. The van der Waals surface area contributed by atoms with E-state index in [9.17, 15) is 4.79 Å². The zero-order valence-corrected chi connectivity index (χ0v) is 9.55. The fourth-order valence-corrected chi connectivity index (χ4v) is 1.27. The highest BCUT2D eigenvalue weighted by Crippen LogP contribution is 2.33. The predicted molar refractivity (Wildman–Crippen MR) is 54.0 cm³/mol. The van der Waals surface area contributed by atoms with Gasteiger partial charge in [0.25, 0.3) is 0 Å². The van der Waals surface area contributed by atoms with E-state index in [1.165, 1.54) is 0 Å². The summed E-state index contributed by atoms with van der Waals surface area (Å²) in [7, 11) is 0. The molecule has 0 amide bonds. The topological polar surface area (TPSA) is 38.8 Å². The summed E-state index contributed by atoms with van der Waals surface area (Å²) < 4.78 is 10.5. The minimum atomic E-state index is -0.414. The summed E-state index contributed by atoms with van der Waals surface area (Å²) in [5, 5.41) is 0. The fraction of sp³-hybridized carbons (Fsp3) is 0.909. The molecule has 0 aromatic heterocycles. The van der Waals surface area contributed by atoms with Gasteiger partial charge in [0.15, 0.2) is 0 Å². The summed E-state index contributed by atoms with van der Waals surface area (Å²) in [4.78, 5) is 11.5. The number of carbonyl (C=O) groups excluding carboxylic acids is 1. The summed E-state index contributed by atoms with van der Waals surface area (Å²) in [5.41, 5.74) is -0.558. The van der Waals surface area contributed by atoms with Gasteiger partial charge < -0.3 is 9.47 Å². The van der Waals surface area contributed by atoms with Gasteiger partial charge in [-0.25, -0.2) is 0 Å². The molecular formula is C11H20O3. The third-order valence-corrected chi connectivity index (χ3v) is 2.34. The van der Waals surface area contributed by atoms with Crippen molar-refractivity contribution in [2.75, 3.05) is 13.2 Å². The van der Waals surface area contributed by atoms with Crippen LogP contribution in [-0.2, 0) is 14.3 Å². The average Bonchev–Trinajstić information content (AvgIpc) is 2.80. The van der Waals surface area contributed by atoms with E-state index in [-0.39, 0.29) is 11.6 Å². The third kappa shape index (κ3) is 2.98. The summed E-state index contributed by atoms with van der Waals surface area (Å²) in [6.45, 7) is 8.82. The molecule has 3 nitrogen and oxygen atoms in total. The Hall–Kier alpha value is -0.570. The molecule has 1 saturated heterocycles. The van der Waals surface area contributed by atoms with Crippen LogP contribution in [0, 0.1) is 5.41 Å². The first-order valence-corrected chi connectivity index (χ1v) is 5.21. The van der Waals surface area contributed by atoms with E-state index in [0.29, 0.717) is 6.61 Å². The molecule has 0 aromatic rings. The quantitative estimate of drug-likeness (QED) is 0.515. The highest BCUT2D eigenvalue weighted by atomic mass is 16.6. The molecule has 1 heterocycles. The number of esters is 1. The molecule has 0 unspecified atom stereocenters. The molecule has 0 aromatic carbocycles. The van der Waals surface area contributed by atoms with Gasteiger partial charge in [-0.3, -0.25) is 4.79 Å². The zero-order valence-electron chi connectivity index (χ0n) is 9.55. The first kappa shape index (κ1) is 11.5. The number of hydrogen-bond acceptors (Lipinski definition) is 3. The van der Waals surface area contributed by atoms with Crippen molar-refractivity contribution in [1.82, 2.24) is 0 Å². The number of hydrogen-bond donors (Lipinski definition) is 0. The highest BCUT2D eigenvalue weighted by molar-refractivity contribution is 5.75. The maximum absolute atomic E-state index is 11.5. The van der Waals surface area contributed by atoms with E-state index in [4.69, 9.17) is 9.47 Å². The van der Waals surface area contributed by atoms with E-state index in [1.54, 1.807) is 0 Å². The molecule has 0 saturated carbocycles. The second kappa shape index (κ2) is 3.89. The molecule has 0 N–H and O–H groups in total. The second-order valence-electron chi connectivity index (χ2n) is 5.05. The standard InChI is InChI=1S/C11H20O3/c1-5-6-11(8-14-11)7-13-9(12)10(2,3)4/h5-8H2,1-4H3/t11-/m0/s1. The van der Waals surface area contributed by atoms with Crippen molar-refractivity contribution in [3.8, 4) is 0 Å². The van der Waals surface area contributed by atoms with Crippen LogP contribution in [0.5, 0.6) is 0 Å². The second-order valence-corrected chi connectivity index (χ2v) is 5.05. The van der Waals surface area contributed by atoms with Crippen molar-refractivity contribution in [2.24, 2.45) is 5.41 Å². The first-order chi connectivity index (χ1) is 6.40. The molecule has 0 spiro atoms. The number of epoxide rings is 1. The summed E-state index contributed by atoms with van der Waals surface area (Å²) >= 11 is 0. The molecule has 1 aliphatic rings. The SMILES string of the molecule is CCC[C@]1(COC(=O)C(C)(C)C)CO1. The average molecular weight is 200 g/mol. The van der Waals surface area contributed by atoms with Gasteiger partial charge in [-0.05, 0) is 27.2 Å². The Balaban J connectivity index is 2.30. The lowest BCUT2D eigenvalue weighted by Gasteiger charge is -2.18. The molecule has 0 bridgehead atoms. The van der Waals surface area contributed by atoms with Gasteiger partial charge >= 0.3 is 5.97 Å². The Labute approximate surface area is 85.8 Å². The van der Waals surface area contributed by atoms with Gasteiger partial charge in [-0.2, -0.15) is 0 Å². The van der Waals surface area contributed by atoms with E-state index >= 15 is 0 Å². The Morgan fingerprint density at radius 1 is 1.50 bits per heavy atom. The van der Waals surface area contributed by atoms with Gasteiger partial charge in [0.05, 0.1) is 12.0 Å². The molecule has 1 fully saturated rings. The molecular weight excluding hydrogens is 180 g/mol. The van der Waals surface area contributed by atoms with E-state index in [2.05, 4.69) is 6.92 Å². The van der Waals surface area contributed by atoms with Crippen LogP contribution in [0.1, 0.15) is 40.5 Å². The summed E-state index contributed by atoms with van der Waals surface area (Å²) in [5.74, 6) is -0.150. The largest absolute Gasteiger partial charge is 0.462 e. The van der Waals surface area contributed by atoms with Crippen molar-refractivity contribution in [3.63, 3.8) is 0 Å². The lowest BCUT2D eigenvalue weighted by molar-refractivity contribution is -0.154. The minimum absolute atomic E-state index is 0.143. The van der Waals surface area contributed by atoms with Crippen LogP contribution in [-0.4, -0.2) is 24.8 Å². The Bertz CT molecular complexity index is 211. The molecule has 1 aliphatic heterocycles. The lowest BCUT2D eigenvalue weighted by Crippen LogP contribution is -2.28. The Kier molecular flexibility index (Phi) is 3.20. The number of rotatable bonds is 4. The maximum Gasteiger partial charge on any atom is 0.311 e. The lowest BCUT2D eigenvalue weighted by atomic mass is 9.97. The van der Waals surface area contributed by atoms with Crippen LogP contribution in [0.2, 0.25) is 0 Å². The van der Waals surface area contributed by atoms with Gasteiger partial charge in [-0.1, -0.05) is 13.3 Å². The van der Waals surface area contributed by atoms with Crippen LogP contribution in [0.4, 0.5) is 0 Å². The van der Waals surface area contributed by atoms with E-state index in [1.807, 2.05) is 20.8 Å². The summed E-state index contributed by atoms with van der Waals surface area (Å²) in [6, 6.07) is 0. The molecule has 1 rings (SSSR count). The normalized spacial score (nSPS) is 26.0. The zero-order chi connectivity index (χ0) is 10.8. The van der Waals surface area contributed by atoms with Crippen LogP contribution in [0.3, 0.4) is 0 Å². The number of ether oxygens (including phenoxy) is 2. The van der Waals surface area contributed by atoms with Gasteiger partial charge in [0.2, 0.25) is 0 Å². The van der Waals surface area contributed by atoms with Crippen molar-refractivity contribution < 1.29 is 14.3 Å². The summed E-state index contributed by atoms with van der Waals surface area (Å²) in [6.07, 6.45) is 2.04. The van der Waals surface area contributed by atoms with Crippen molar-refractivity contribution >= 4 is 5.97 Å². The van der Waals surface area contributed by atoms with Crippen LogP contribution >= 0.6 is 0 Å². The molecule has 3 heteroatoms. The predicted octanol–water partition coefficient (Wildman–Crippen LogP) is 2.14. The van der Waals surface area contributed by atoms with Crippen LogP contribution in [0.25, 0.3) is 0 Å². The fourth-order valence-electron chi connectivity index (χ4n) is 1.27. The smallest absolute Gasteiger partial charge is 0.311 e. The van der Waals surface area contributed by atoms with Crippen molar-refractivity contribution in [1.29, 1.82) is 0 Å². The number of carbonyl (C=O) groups is 1. The van der Waals surface area contributed by atoms with Crippen LogP contribution in [0.15, 0.2) is 0 Å². The van der Waals surface area contributed by atoms with Crippen molar-refractivity contribution in [3.05, 3.63) is 0 Å². The molecule has 14 heavy (non-hydrogen) atoms. The van der Waals surface area contributed by atoms with E-state index < -0.39 is 5.41 Å². The van der Waals surface area contributed by atoms with E-state index in [0.717, 1.165) is 19.4 Å². The van der Waals surface area contributed by atoms with Gasteiger partial charge in [0, 0.05) is 0 Å². The Morgan fingerprint density at radius 2 is 2.07 bits per heavy atom. The monoisotopic (exact) mass is 200 g/mol.